The van der Waals surface area contributed by atoms with E-state index in [9.17, 15) is 4.79 Å². The zero-order valence-electron chi connectivity index (χ0n) is 9.19. The fraction of sp³-hybridized carbons (Fsp3) is 0.667. The second-order valence-corrected chi connectivity index (χ2v) is 3.19. The summed E-state index contributed by atoms with van der Waals surface area (Å²) in [6, 6.07) is 0. The molecule has 0 aliphatic rings. The Balaban J connectivity index is 2.43. The van der Waals surface area contributed by atoms with E-state index in [1.54, 1.807) is 11.9 Å². The number of nitrogens with zero attached hydrogens (tertiary/aromatic N) is 3. The minimum Gasteiger partial charge on any atom is -0.468 e. The lowest BCUT2D eigenvalue weighted by Crippen LogP contribution is -2.26. The largest absolute Gasteiger partial charge is 0.468 e. The number of ether oxygens (including phenoxy) is 1. The predicted molar refractivity (Wildman–Crippen MR) is 52.0 cm³/mol. The number of aromatic nitrogens is 2. The van der Waals surface area contributed by atoms with Crippen molar-refractivity contribution in [2.24, 2.45) is 0 Å². The van der Waals surface area contributed by atoms with Gasteiger partial charge in [-0.25, -0.2) is 0 Å². The van der Waals surface area contributed by atoms with Crippen molar-refractivity contribution in [1.82, 2.24) is 15.1 Å². The molecule has 0 bridgehead atoms. The van der Waals surface area contributed by atoms with E-state index >= 15 is 0 Å². The molecule has 0 fully saturated rings. The third-order valence-electron chi connectivity index (χ3n) is 1.84. The summed E-state index contributed by atoms with van der Waals surface area (Å²) in [5.41, 5.74) is 0. The van der Waals surface area contributed by atoms with Crippen LogP contribution >= 0.6 is 0 Å². The Morgan fingerprint density at radius 2 is 2.13 bits per heavy atom. The van der Waals surface area contributed by atoms with E-state index in [4.69, 9.17) is 4.42 Å². The standard InChI is InChI=1S/C9H15N3O3/c1-4-7-10-11-8(15-7)5-12(2)6-9(13)14-3/h4-6H2,1-3H3. The Bertz CT molecular complexity index is 324. The molecule has 0 atom stereocenters. The van der Waals surface area contributed by atoms with Crippen LogP contribution in [0.1, 0.15) is 18.7 Å². The number of hydrogen-bond donors (Lipinski definition) is 0. The van der Waals surface area contributed by atoms with Crippen LogP contribution in [0.5, 0.6) is 0 Å². The van der Waals surface area contributed by atoms with Gasteiger partial charge in [-0.3, -0.25) is 9.69 Å². The first-order valence-corrected chi connectivity index (χ1v) is 4.72. The molecule has 0 N–H and O–H groups in total. The van der Waals surface area contributed by atoms with Crippen LogP contribution in [0.2, 0.25) is 0 Å². The smallest absolute Gasteiger partial charge is 0.319 e. The van der Waals surface area contributed by atoms with Gasteiger partial charge in [0.25, 0.3) is 0 Å². The van der Waals surface area contributed by atoms with Crippen molar-refractivity contribution in [2.75, 3.05) is 20.7 Å². The molecule has 0 aliphatic heterocycles. The predicted octanol–water partition coefficient (Wildman–Crippen LogP) is 0.237. The molecule has 1 aromatic rings. The van der Waals surface area contributed by atoms with E-state index < -0.39 is 0 Å². The summed E-state index contributed by atoms with van der Waals surface area (Å²) >= 11 is 0. The average molecular weight is 213 g/mol. The fourth-order valence-corrected chi connectivity index (χ4v) is 1.07. The third-order valence-corrected chi connectivity index (χ3v) is 1.84. The van der Waals surface area contributed by atoms with Crippen LogP contribution in [0.3, 0.4) is 0 Å². The van der Waals surface area contributed by atoms with Gasteiger partial charge in [0.15, 0.2) is 0 Å². The van der Waals surface area contributed by atoms with Gasteiger partial charge in [0.1, 0.15) is 0 Å². The molecule has 15 heavy (non-hydrogen) atoms. The lowest BCUT2D eigenvalue weighted by atomic mass is 10.5. The highest BCUT2D eigenvalue weighted by atomic mass is 16.5. The first-order valence-electron chi connectivity index (χ1n) is 4.72. The number of carbonyl (C=O) groups is 1. The second kappa shape index (κ2) is 5.45. The number of rotatable bonds is 5. The molecule has 0 radical (unpaired) electrons. The minimum atomic E-state index is -0.285. The third kappa shape index (κ3) is 3.67. The van der Waals surface area contributed by atoms with Crippen LogP contribution < -0.4 is 0 Å². The zero-order valence-corrected chi connectivity index (χ0v) is 9.19. The summed E-state index contributed by atoms with van der Waals surface area (Å²) in [4.78, 5) is 12.7. The van der Waals surface area contributed by atoms with Crippen LogP contribution in [0, 0.1) is 0 Å². The molecule has 6 nitrogen and oxygen atoms in total. The molecule has 0 aliphatic carbocycles. The Labute approximate surface area is 88.2 Å². The molecule has 0 aromatic carbocycles. The number of methoxy groups -OCH3 is 1. The number of hydrogen-bond acceptors (Lipinski definition) is 6. The van der Waals surface area contributed by atoms with E-state index in [0.717, 1.165) is 0 Å². The first kappa shape index (κ1) is 11.6. The maximum atomic E-state index is 10.9. The fourth-order valence-electron chi connectivity index (χ4n) is 1.07. The van der Waals surface area contributed by atoms with Crippen LogP contribution in [0.25, 0.3) is 0 Å². The molecule has 6 heteroatoms. The number of esters is 1. The van der Waals surface area contributed by atoms with E-state index in [0.29, 0.717) is 24.7 Å². The minimum absolute atomic E-state index is 0.209. The molecule has 84 valence electrons. The quantitative estimate of drug-likeness (QED) is 0.652. The topological polar surface area (TPSA) is 68.5 Å². The SMILES string of the molecule is CCc1nnc(CN(C)CC(=O)OC)o1. The molecule has 0 saturated carbocycles. The van der Waals surface area contributed by atoms with Gasteiger partial charge in [0.2, 0.25) is 11.8 Å². The highest BCUT2D eigenvalue weighted by Crippen LogP contribution is 2.03. The number of aryl methyl sites for hydroxylation is 1. The van der Waals surface area contributed by atoms with E-state index in [1.807, 2.05) is 6.92 Å². The monoisotopic (exact) mass is 213 g/mol. The molecule has 0 amide bonds. The van der Waals surface area contributed by atoms with Crippen molar-refractivity contribution in [3.63, 3.8) is 0 Å². The summed E-state index contributed by atoms with van der Waals surface area (Å²) in [5.74, 6) is 0.836. The molecular formula is C9H15N3O3. The maximum absolute atomic E-state index is 10.9. The van der Waals surface area contributed by atoms with Crippen molar-refractivity contribution >= 4 is 5.97 Å². The molecular weight excluding hydrogens is 198 g/mol. The van der Waals surface area contributed by atoms with E-state index in [2.05, 4.69) is 14.9 Å². The summed E-state index contributed by atoms with van der Waals surface area (Å²) in [5, 5.41) is 7.68. The van der Waals surface area contributed by atoms with Crippen molar-refractivity contribution < 1.29 is 13.9 Å². The lowest BCUT2D eigenvalue weighted by molar-refractivity contribution is -0.141. The van der Waals surface area contributed by atoms with Crippen LogP contribution in [-0.4, -0.2) is 41.8 Å². The highest BCUT2D eigenvalue weighted by molar-refractivity contribution is 5.71. The molecule has 1 aromatic heterocycles. The average Bonchev–Trinajstić information content (AvgIpc) is 2.65. The van der Waals surface area contributed by atoms with Gasteiger partial charge < -0.3 is 9.15 Å². The molecule has 1 rings (SSSR count). The van der Waals surface area contributed by atoms with Gasteiger partial charge >= 0.3 is 5.97 Å². The van der Waals surface area contributed by atoms with Crippen LogP contribution in [0.15, 0.2) is 4.42 Å². The zero-order chi connectivity index (χ0) is 11.3. The second-order valence-electron chi connectivity index (χ2n) is 3.19. The van der Waals surface area contributed by atoms with Gasteiger partial charge in [-0.1, -0.05) is 6.92 Å². The van der Waals surface area contributed by atoms with Crippen molar-refractivity contribution in [3.05, 3.63) is 11.8 Å². The molecule has 0 spiro atoms. The summed E-state index contributed by atoms with van der Waals surface area (Å²) < 4.78 is 9.84. The van der Waals surface area contributed by atoms with Gasteiger partial charge in [0.05, 0.1) is 20.2 Å². The van der Waals surface area contributed by atoms with Gasteiger partial charge in [-0.05, 0) is 7.05 Å². The summed E-state index contributed by atoms with van der Waals surface area (Å²) in [6.07, 6.45) is 0.716. The number of carbonyl (C=O) groups excluding carboxylic acids is 1. The van der Waals surface area contributed by atoms with Gasteiger partial charge in [-0.15, -0.1) is 10.2 Å². The number of likely N-dealkylation sites (N-methyl/N-ethyl adjacent to an activating group) is 1. The molecule has 0 saturated heterocycles. The van der Waals surface area contributed by atoms with Crippen molar-refractivity contribution in [2.45, 2.75) is 19.9 Å². The Morgan fingerprint density at radius 3 is 2.67 bits per heavy atom. The molecule has 0 unspecified atom stereocenters. The Hall–Kier alpha value is -1.43. The van der Waals surface area contributed by atoms with Crippen molar-refractivity contribution in [3.8, 4) is 0 Å². The van der Waals surface area contributed by atoms with Crippen LogP contribution in [0.4, 0.5) is 0 Å². The van der Waals surface area contributed by atoms with Crippen LogP contribution in [-0.2, 0) is 22.5 Å². The molecule has 1 heterocycles. The van der Waals surface area contributed by atoms with Gasteiger partial charge in [-0.2, -0.15) is 0 Å². The Kier molecular flexibility index (Phi) is 4.23. The lowest BCUT2D eigenvalue weighted by Gasteiger charge is -2.11. The Morgan fingerprint density at radius 1 is 1.47 bits per heavy atom. The van der Waals surface area contributed by atoms with Gasteiger partial charge in [0, 0.05) is 6.42 Å². The normalized spacial score (nSPS) is 10.7. The highest BCUT2D eigenvalue weighted by Gasteiger charge is 2.10. The van der Waals surface area contributed by atoms with Crippen molar-refractivity contribution in [1.29, 1.82) is 0 Å². The summed E-state index contributed by atoms with van der Waals surface area (Å²) in [6.45, 7) is 2.60. The maximum Gasteiger partial charge on any atom is 0.319 e. The van der Waals surface area contributed by atoms with E-state index in [1.165, 1.54) is 7.11 Å². The summed E-state index contributed by atoms with van der Waals surface area (Å²) in [7, 11) is 3.14. The first-order chi connectivity index (χ1) is 7.15. The van der Waals surface area contributed by atoms with E-state index in [-0.39, 0.29) is 12.5 Å².